The molecule has 0 aromatic heterocycles. The molecule has 0 saturated carbocycles. The lowest BCUT2D eigenvalue weighted by Gasteiger charge is -2.09. The molecule has 0 heterocycles. The molecule has 0 aliphatic rings. The van der Waals surface area contributed by atoms with Crippen LogP contribution in [-0.2, 0) is 13.0 Å². The van der Waals surface area contributed by atoms with Crippen LogP contribution in [0.1, 0.15) is 37.8 Å². The van der Waals surface area contributed by atoms with Gasteiger partial charge in [0.1, 0.15) is 11.5 Å². The van der Waals surface area contributed by atoms with E-state index in [0.29, 0.717) is 0 Å². The molecule has 0 aliphatic carbocycles. The van der Waals surface area contributed by atoms with Crippen molar-refractivity contribution in [3.63, 3.8) is 0 Å². The van der Waals surface area contributed by atoms with Crippen LogP contribution in [0.2, 0.25) is 0 Å². The summed E-state index contributed by atoms with van der Waals surface area (Å²) in [7, 11) is 0. The molecule has 0 amide bonds. The summed E-state index contributed by atoms with van der Waals surface area (Å²) in [6.07, 6.45) is 3.45. The Balaban J connectivity index is 1.96. The third kappa shape index (κ3) is 5.24. The molecule has 0 saturated heterocycles. The van der Waals surface area contributed by atoms with E-state index in [1.807, 2.05) is 24.3 Å². The Kier molecular flexibility index (Phi) is 6.29. The molecule has 1 N–H and O–H groups in total. The zero-order valence-electron chi connectivity index (χ0n) is 13.1. The van der Waals surface area contributed by atoms with Gasteiger partial charge in [0.15, 0.2) is 0 Å². The smallest absolute Gasteiger partial charge is 0.127 e. The predicted molar refractivity (Wildman–Crippen MR) is 89.0 cm³/mol. The number of aryl methyl sites for hydroxylation is 1. The molecule has 112 valence electrons. The number of hydrogen-bond acceptors (Lipinski definition) is 2. The van der Waals surface area contributed by atoms with Gasteiger partial charge in [-0.25, -0.2) is 0 Å². The van der Waals surface area contributed by atoms with Crippen LogP contribution < -0.4 is 10.1 Å². The van der Waals surface area contributed by atoms with Crippen LogP contribution in [0.4, 0.5) is 0 Å². The standard InChI is InChI=1S/C19H25NO/c1-3-6-16-9-11-18(12-10-16)21-19-8-5-7-17(14-19)15-20-13-4-2/h5,7-12,14,20H,3-4,6,13,15H2,1-2H3. The monoisotopic (exact) mass is 283 g/mol. The Morgan fingerprint density at radius 2 is 1.67 bits per heavy atom. The zero-order valence-corrected chi connectivity index (χ0v) is 13.1. The molecule has 0 spiro atoms. The lowest BCUT2D eigenvalue weighted by molar-refractivity contribution is 0.481. The fourth-order valence-corrected chi connectivity index (χ4v) is 2.28. The number of benzene rings is 2. The van der Waals surface area contributed by atoms with Gasteiger partial charge in [-0.15, -0.1) is 0 Å². The molecule has 2 aromatic carbocycles. The molecule has 0 fully saturated rings. The first-order valence-corrected chi connectivity index (χ1v) is 7.88. The topological polar surface area (TPSA) is 21.3 Å². The highest BCUT2D eigenvalue weighted by Crippen LogP contribution is 2.23. The maximum Gasteiger partial charge on any atom is 0.127 e. The van der Waals surface area contributed by atoms with Crippen molar-refractivity contribution in [3.05, 3.63) is 59.7 Å². The molecule has 0 bridgehead atoms. The first-order chi connectivity index (χ1) is 10.3. The van der Waals surface area contributed by atoms with E-state index in [1.54, 1.807) is 0 Å². The van der Waals surface area contributed by atoms with Crippen LogP contribution >= 0.6 is 0 Å². The van der Waals surface area contributed by atoms with Gasteiger partial charge in [-0.2, -0.15) is 0 Å². The summed E-state index contributed by atoms with van der Waals surface area (Å²) in [5.74, 6) is 1.79. The van der Waals surface area contributed by atoms with Crippen molar-refractivity contribution >= 4 is 0 Å². The second kappa shape index (κ2) is 8.48. The number of nitrogens with one attached hydrogen (secondary N) is 1. The highest BCUT2D eigenvalue weighted by molar-refractivity contribution is 5.35. The van der Waals surface area contributed by atoms with Gasteiger partial charge in [0.05, 0.1) is 0 Å². The second-order valence-corrected chi connectivity index (χ2v) is 5.32. The molecule has 0 unspecified atom stereocenters. The van der Waals surface area contributed by atoms with Crippen molar-refractivity contribution in [3.8, 4) is 11.5 Å². The summed E-state index contributed by atoms with van der Waals surface area (Å²) in [5.41, 5.74) is 2.62. The van der Waals surface area contributed by atoms with E-state index >= 15 is 0 Å². The van der Waals surface area contributed by atoms with Gasteiger partial charge in [0.2, 0.25) is 0 Å². The van der Waals surface area contributed by atoms with Crippen LogP contribution in [0.3, 0.4) is 0 Å². The van der Waals surface area contributed by atoms with Gasteiger partial charge >= 0.3 is 0 Å². The Bertz CT molecular complexity index is 534. The summed E-state index contributed by atoms with van der Waals surface area (Å²) in [6, 6.07) is 16.7. The van der Waals surface area contributed by atoms with Crippen molar-refractivity contribution in [1.29, 1.82) is 0 Å². The highest BCUT2D eigenvalue weighted by Gasteiger charge is 2.00. The first-order valence-electron chi connectivity index (χ1n) is 7.88. The maximum atomic E-state index is 5.93. The second-order valence-electron chi connectivity index (χ2n) is 5.32. The van der Waals surface area contributed by atoms with Crippen LogP contribution in [0, 0.1) is 0 Å². The van der Waals surface area contributed by atoms with Crippen molar-refractivity contribution < 1.29 is 4.74 Å². The van der Waals surface area contributed by atoms with Crippen molar-refractivity contribution in [2.75, 3.05) is 6.54 Å². The lowest BCUT2D eigenvalue weighted by Crippen LogP contribution is -2.13. The third-order valence-electron chi connectivity index (χ3n) is 3.35. The average molecular weight is 283 g/mol. The Hall–Kier alpha value is -1.80. The fourth-order valence-electron chi connectivity index (χ4n) is 2.28. The normalized spacial score (nSPS) is 10.6. The fraction of sp³-hybridized carbons (Fsp3) is 0.368. The van der Waals surface area contributed by atoms with E-state index in [9.17, 15) is 0 Å². The quantitative estimate of drug-likeness (QED) is 0.693. The zero-order chi connectivity index (χ0) is 14.9. The minimum Gasteiger partial charge on any atom is -0.457 e. The van der Waals surface area contributed by atoms with E-state index < -0.39 is 0 Å². The van der Waals surface area contributed by atoms with Gasteiger partial charge in [-0.3, -0.25) is 0 Å². The van der Waals surface area contributed by atoms with E-state index in [2.05, 4.69) is 43.4 Å². The SMILES string of the molecule is CCCNCc1cccc(Oc2ccc(CCC)cc2)c1. The summed E-state index contributed by atoms with van der Waals surface area (Å²) < 4.78 is 5.93. The van der Waals surface area contributed by atoms with E-state index in [0.717, 1.165) is 37.4 Å². The van der Waals surface area contributed by atoms with E-state index in [-0.39, 0.29) is 0 Å². The molecule has 0 atom stereocenters. The predicted octanol–water partition coefficient (Wildman–Crippen LogP) is 4.93. The molecule has 2 aromatic rings. The van der Waals surface area contributed by atoms with Crippen molar-refractivity contribution in [2.24, 2.45) is 0 Å². The summed E-state index contributed by atoms with van der Waals surface area (Å²) >= 11 is 0. The Morgan fingerprint density at radius 3 is 2.38 bits per heavy atom. The molecular weight excluding hydrogens is 258 g/mol. The van der Waals surface area contributed by atoms with E-state index in [1.165, 1.54) is 17.5 Å². The van der Waals surface area contributed by atoms with Crippen LogP contribution in [0.15, 0.2) is 48.5 Å². The number of rotatable bonds is 8. The third-order valence-corrected chi connectivity index (χ3v) is 3.35. The van der Waals surface area contributed by atoms with Gasteiger partial charge in [0.25, 0.3) is 0 Å². The van der Waals surface area contributed by atoms with E-state index in [4.69, 9.17) is 4.74 Å². The minimum absolute atomic E-state index is 0.889. The molecular formula is C19H25NO. The first kappa shape index (κ1) is 15.6. The van der Waals surface area contributed by atoms with Crippen molar-refractivity contribution in [2.45, 2.75) is 39.7 Å². The average Bonchev–Trinajstić information content (AvgIpc) is 2.50. The molecule has 21 heavy (non-hydrogen) atoms. The molecule has 0 radical (unpaired) electrons. The molecule has 2 heteroatoms. The van der Waals surface area contributed by atoms with Crippen molar-refractivity contribution in [1.82, 2.24) is 5.32 Å². The molecule has 0 aliphatic heterocycles. The lowest BCUT2D eigenvalue weighted by atomic mass is 10.1. The molecule has 2 nitrogen and oxygen atoms in total. The highest BCUT2D eigenvalue weighted by atomic mass is 16.5. The van der Waals surface area contributed by atoms with Gasteiger partial charge < -0.3 is 10.1 Å². The van der Waals surface area contributed by atoms with Crippen LogP contribution in [-0.4, -0.2) is 6.54 Å². The van der Waals surface area contributed by atoms with Gasteiger partial charge in [-0.05, 0) is 54.8 Å². The summed E-state index contributed by atoms with van der Waals surface area (Å²) in [4.78, 5) is 0. The summed E-state index contributed by atoms with van der Waals surface area (Å²) in [5, 5.41) is 3.41. The minimum atomic E-state index is 0.889. The Labute approximate surface area is 128 Å². The van der Waals surface area contributed by atoms with Crippen LogP contribution in [0.25, 0.3) is 0 Å². The maximum absolute atomic E-state index is 5.93. The Morgan fingerprint density at radius 1 is 0.857 bits per heavy atom. The number of hydrogen-bond donors (Lipinski definition) is 1. The largest absolute Gasteiger partial charge is 0.457 e. The van der Waals surface area contributed by atoms with Gasteiger partial charge in [0, 0.05) is 6.54 Å². The van der Waals surface area contributed by atoms with Crippen LogP contribution in [0.5, 0.6) is 11.5 Å². The summed E-state index contributed by atoms with van der Waals surface area (Å²) in [6.45, 7) is 6.31. The molecule has 2 rings (SSSR count). The number of ether oxygens (including phenoxy) is 1. The van der Waals surface area contributed by atoms with Gasteiger partial charge in [-0.1, -0.05) is 44.5 Å².